The molecule has 8 heteroatoms. The van der Waals surface area contributed by atoms with Crippen molar-refractivity contribution in [2.45, 2.75) is 40.2 Å². The van der Waals surface area contributed by atoms with Gasteiger partial charge in [-0.2, -0.15) is 0 Å². The zero-order valence-corrected chi connectivity index (χ0v) is 21.0. The van der Waals surface area contributed by atoms with Crippen LogP contribution in [0.3, 0.4) is 0 Å². The molecule has 0 aliphatic carbocycles. The van der Waals surface area contributed by atoms with Gasteiger partial charge in [-0.15, -0.1) is 0 Å². The Bertz CT molecular complexity index is 1520. The van der Waals surface area contributed by atoms with Crippen molar-refractivity contribution >= 4 is 27.8 Å². The van der Waals surface area contributed by atoms with Crippen LogP contribution < -0.4 is 16.0 Å². The summed E-state index contributed by atoms with van der Waals surface area (Å²) in [6, 6.07) is 12.7. The smallest absolute Gasteiger partial charge is 0.336 e. The van der Waals surface area contributed by atoms with Gasteiger partial charge in [-0.25, -0.2) is 9.36 Å². The topological polar surface area (TPSA) is 78.5 Å². The maximum Gasteiger partial charge on any atom is 0.336 e. The zero-order chi connectivity index (χ0) is 25.3. The van der Waals surface area contributed by atoms with Crippen LogP contribution in [0.15, 0.2) is 52.1 Å². The molecule has 0 fully saturated rings. The first-order valence-electron chi connectivity index (χ1n) is 12.0. The van der Waals surface area contributed by atoms with Crippen molar-refractivity contribution < 1.29 is 9.53 Å². The summed E-state index contributed by atoms with van der Waals surface area (Å²) < 4.78 is 9.82. The number of fused-ring (bicyclic) bond motifs is 3. The maximum atomic E-state index is 13.9. The van der Waals surface area contributed by atoms with Gasteiger partial charge in [0.25, 0.3) is 5.56 Å². The van der Waals surface area contributed by atoms with E-state index in [0.29, 0.717) is 40.9 Å². The lowest BCUT2D eigenvalue weighted by atomic mass is 10.2. The number of methoxy groups -OCH3 is 1. The largest absolute Gasteiger partial charge is 0.497 e. The molecule has 0 N–H and O–H groups in total. The summed E-state index contributed by atoms with van der Waals surface area (Å²) in [6.45, 7) is 7.03. The molecule has 0 atom stereocenters. The molecule has 0 unspecified atom stereocenters. The molecule has 4 aromatic rings. The lowest BCUT2D eigenvalue weighted by Gasteiger charge is -2.22. The number of carbonyl (C=O) groups excluding carboxylic acids is 1. The Morgan fingerprint density at radius 1 is 1.00 bits per heavy atom. The van der Waals surface area contributed by atoms with Crippen LogP contribution >= 0.6 is 0 Å². The van der Waals surface area contributed by atoms with Crippen molar-refractivity contribution in [2.24, 2.45) is 7.05 Å². The number of carbonyl (C=O) groups is 1. The van der Waals surface area contributed by atoms with E-state index in [2.05, 4.69) is 0 Å². The minimum absolute atomic E-state index is 0.147. The van der Waals surface area contributed by atoms with E-state index in [1.807, 2.05) is 51.1 Å². The van der Waals surface area contributed by atoms with Gasteiger partial charge in [-0.1, -0.05) is 26.0 Å². The summed E-state index contributed by atoms with van der Waals surface area (Å²) in [4.78, 5) is 42.9. The Labute approximate surface area is 204 Å². The van der Waals surface area contributed by atoms with Crippen LogP contribution in [0.5, 0.6) is 5.75 Å². The molecule has 0 aliphatic heterocycles. The van der Waals surface area contributed by atoms with Crippen molar-refractivity contribution in [3.8, 4) is 11.4 Å². The first-order chi connectivity index (χ1) is 16.8. The number of hydrogen-bond donors (Lipinski definition) is 0. The highest BCUT2D eigenvalue weighted by molar-refractivity contribution is 6.06. The van der Waals surface area contributed by atoms with Crippen LogP contribution in [0.2, 0.25) is 0 Å². The van der Waals surface area contributed by atoms with Gasteiger partial charge >= 0.3 is 5.69 Å². The van der Waals surface area contributed by atoms with Crippen LogP contribution in [-0.2, 0) is 18.4 Å². The van der Waals surface area contributed by atoms with E-state index in [1.165, 1.54) is 9.13 Å². The number of hydrogen-bond acceptors (Lipinski definition) is 4. The molecule has 0 saturated heterocycles. The molecule has 1 amide bonds. The van der Waals surface area contributed by atoms with E-state index in [-0.39, 0.29) is 12.5 Å². The molecule has 0 spiro atoms. The summed E-state index contributed by atoms with van der Waals surface area (Å²) in [5.74, 6) is 0.461. The van der Waals surface area contributed by atoms with Gasteiger partial charge in [0.2, 0.25) is 5.91 Å². The molecule has 0 saturated carbocycles. The Hall–Kier alpha value is -3.81. The highest BCUT2D eigenvalue weighted by atomic mass is 16.5. The van der Waals surface area contributed by atoms with Crippen molar-refractivity contribution in [1.82, 2.24) is 18.6 Å². The standard InChI is InChI=1S/C27H32N4O4/c1-6-13-29(14-7-2)23(32)17-30-24-21-16-20(35-5)11-12-22(21)28(4)25(24)26(33)31(27(30)34)19-10-8-9-18(3)15-19/h8-12,15-16H,6-7,13-14,17H2,1-5H3. The monoisotopic (exact) mass is 476 g/mol. The SMILES string of the molecule is CCCN(CCC)C(=O)Cn1c(=O)n(-c2cccc(C)c2)c(=O)c2c1c1cc(OC)ccc1n2C. The molecule has 0 radical (unpaired) electrons. The second-order valence-electron chi connectivity index (χ2n) is 8.87. The van der Waals surface area contributed by atoms with E-state index < -0.39 is 11.2 Å². The van der Waals surface area contributed by atoms with Crippen LogP contribution in [0.4, 0.5) is 0 Å². The second-order valence-corrected chi connectivity index (χ2v) is 8.87. The van der Waals surface area contributed by atoms with Crippen molar-refractivity contribution in [2.75, 3.05) is 20.2 Å². The summed E-state index contributed by atoms with van der Waals surface area (Å²) in [5, 5.41) is 0.692. The Balaban J connectivity index is 2.09. The third-order valence-electron chi connectivity index (χ3n) is 6.37. The minimum Gasteiger partial charge on any atom is -0.497 e. The molecule has 8 nitrogen and oxygen atoms in total. The highest BCUT2D eigenvalue weighted by Gasteiger charge is 2.24. The van der Waals surface area contributed by atoms with Gasteiger partial charge in [0.05, 0.1) is 23.8 Å². The van der Waals surface area contributed by atoms with Crippen molar-refractivity contribution in [1.29, 1.82) is 0 Å². The first kappa shape index (κ1) is 24.3. The van der Waals surface area contributed by atoms with Crippen LogP contribution in [0.25, 0.3) is 27.6 Å². The van der Waals surface area contributed by atoms with Crippen LogP contribution in [0, 0.1) is 6.92 Å². The van der Waals surface area contributed by atoms with E-state index in [4.69, 9.17) is 4.74 Å². The molecule has 184 valence electrons. The minimum atomic E-state index is -0.537. The second kappa shape index (κ2) is 9.82. The number of benzene rings is 2. The zero-order valence-electron chi connectivity index (χ0n) is 21.0. The lowest BCUT2D eigenvalue weighted by molar-refractivity contribution is -0.131. The number of aryl methyl sites for hydroxylation is 2. The summed E-state index contributed by atoms with van der Waals surface area (Å²) in [7, 11) is 3.37. The number of amides is 1. The number of aromatic nitrogens is 3. The highest BCUT2D eigenvalue weighted by Crippen LogP contribution is 2.29. The van der Waals surface area contributed by atoms with E-state index >= 15 is 0 Å². The average molecular weight is 477 g/mol. The van der Waals surface area contributed by atoms with Crippen LogP contribution in [0.1, 0.15) is 32.3 Å². The average Bonchev–Trinajstić information content (AvgIpc) is 3.13. The van der Waals surface area contributed by atoms with Crippen molar-refractivity contribution in [3.05, 3.63) is 68.9 Å². The fraction of sp³-hybridized carbons (Fsp3) is 0.370. The Morgan fingerprint density at radius 2 is 1.71 bits per heavy atom. The lowest BCUT2D eigenvalue weighted by Crippen LogP contribution is -2.43. The molecule has 35 heavy (non-hydrogen) atoms. The third-order valence-corrected chi connectivity index (χ3v) is 6.37. The predicted octanol–water partition coefficient (Wildman–Crippen LogP) is 3.61. The van der Waals surface area contributed by atoms with Gasteiger partial charge in [0.1, 0.15) is 17.8 Å². The molecule has 2 aromatic heterocycles. The quantitative estimate of drug-likeness (QED) is 0.389. The van der Waals surface area contributed by atoms with Gasteiger partial charge < -0.3 is 14.2 Å². The van der Waals surface area contributed by atoms with Gasteiger partial charge in [0, 0.05) is 25.5 Å². The summed E-state index contributed by atoms with van der Waals surface area (Å²) in [5.41, 5.74) is 2.03. The third kappa shape index (κ3) is 4.24. The van der Waals surface area contributed by atoms with E-state index in [9.17, 15) is 14.4 Å². The normalized spacial score (nSPS) is 11.3. The van der Waals surface area contributed by atoms with Gasteiger partial charge in [0.15, 0.2) is 0 Å². The fourth-order valence-electron chi connectivity index (χ4n) is 4.74. The molecule has 0 bridgehead atoms. The first-order valence-corrected chi connectivity index (χ1v) is 12.0. The van der Waals surface area contributed by atoms with E-state index in [1.54, 1.807) is 35.8 Å². The summed E-state index contributed by atoms with van der Waals surface area (Å²) >= 11 is 0. The predicted molar refractivity (Wildman–Crippen MR) is 139 cm³/mol. The molecule has 4 rings (SSSR count). The Morgan fingerprint density at radius 3 is 2.34 bits per heavy atom. The molecule has 0 aliphatic rings. The Kier molecular flexibility index (Phi) is 6.82. The molecular weight excluding hydrogens is 444 g/mol. The summed E-state index contributed by atoms with van der Waals surface area (Å²) in [6.07, 6.45) is 1.65. The van der Waals surface area contributed by atoms with E-state index in [0.717, 1.165) is 23.9 Å². The van der Waals surface area contributed by atoms with Crippen molar-refractivity contribution in [3.63, 3.8) is 0 Å². The van der Waals surface area contributed by atoms with Gasteiger partial charge in [-0.05, 0) is 55.7 Å². The fourth-order valence-corrected chi connectivity index (χ4v) is 4.74. The van der Waals surface area contributed by atoms with Gasteiger partial charge in [-0.3, -0.25) is 14.2 Å². The number of rotatable bonds is 8. The van der Waals surface area contributed by atoms with Crippen LogP contribution in [-0.4, -0.2) is 44.7 Å². The molecule has 2 aromatic carbocycles. The maximum absolute atomic E-state index is 13.9. The number of nitrogens with zero attached hydrogens (tertiary/aromatic N) is 4. The number of ether oxygens (including phenoxy) is 1. The molecular formula is C27H32N4O4. The molecule has 2 heterocycles.